The second kappa shape index (κ2) is 5.08. The monoisotopic (exact) mass is 188 g/mol. The molecular weight excluding hydrogens is 183 g/mol. The van der Waals surface area contributed by atoms with E-state index in [0.29, 0.717) is 8.96 Å². The summed E-state index contributed by atoms with van der Waals surface area (Å²) in [6.45, 7) is -0.0300. The predicted octanol–water partition coefficient (Wildman–Crippen LogP) is -2.19. The molecule has 0 saturated heterocycles. The van der Waals surface area contributed by atoms with Crippen LogP contribution in [0, 0.1) is 3.95 Å². The Morgan fingerprint density at radius 3 is 2.78 bits per heavy atom. The molecule has 1 aromatic rings. The van der Waals surface area contributed by atoms with Gasteiger partial charge in [-0.05, 0) is 12.2 Å². The molecule has 0 amide bonds. The molecule has 0 atom stereocenters. The van der Waals surface area contributed by atoms with Crippen LogP contribution in [-0.2, 0) is 6.61 Å². The van der Waals surface area contributed by atoms with Gasteiger partial charge in [0, 0.05) is 0 Å². The van der Waals surface area contributed by atoms with Crippen LogP contribution >= 0.6 is 23.6 Å². The summed E-state index contributed by atoms with van der Waals surface area (Å²) in [6.07, 6.45) is 0. The van der Waals surface area contributed by atoms with Crippen LogP contribution in [0.3, 0.4) is 0 Å². The average Bonchev–Trinajstić information content (AvgIpc) is 2.14. The summed E-state index contributed by atoms with van der Waals surface area (Å²) < 4.78 is 0.606. The van der Waals surface area contributed by atoms with Crippen molar-refractivity contribution in [2.24, 2.45) is 0 Å². The molecule has 46 valence electrons. The van der Waals surface area contributed by atoms with Crippen molar-refractivity contribution in [3.05, 3.63) is 8.96 Å². The number of aliphatic hydroxyl groups is 1. The number of hydrogen-bond donors (Lipinski definition) is 2. The first-order valence-electron chi connectivity index (χ1n) is 1.98. The van der Waals surface area contributed by atoms with Gasteiger partial charge in [0.2, 0.25) is 0 Å². The maximum absolute atomic E-state index is 8.43. The Morgan fingerprint density at radius 2 is 2.56 bits per heavy atom. The number of nitrogens with one attached hydrogen (secondary N) is 1. The zero-order valence-corrected chi connectivity index (χ0v) is 9.67. The third kappa shape index (κ3) is 3.33. The van der Waals surface area contributed by atoms with Crippen LogP contribution in [0.25, 0.3) is 0 Å². The molecule has 2 N–H and O–H groups in total. The minimum atomic E-state index is -0.0300. The fourth-order valence-electron chi connectivity index (χ4n) is 0.328. The van der Waals surface area contributed by atoms with Crippen LogP contribution in [0.1, 0.15) is 6.43 Å². The van der Waals surface area contributed by atoms with Gasteiger partial charge in [0.05, 0.1) is 6.61 Å². The molecule has 0 saturated carbocycles. The number of rotatable bonds is 1. The van der Waals surface area contributed by atoms with Gasteiger partial charge in [0.15, 0.2) is 3.95 Å². The predicted molar refractivity (Wildman–Crippen MR) is 34.3 cm³/mol. The Labute approximate surface area is 105 Å². The van der Waals surface area contributed by atoms with Gasteiger partial charge in [-0.25, -0.2) is 0 Å². The quantitative estimate of drug-likeness (QED) is 0.389. The second-order valence-corrected chi connectivity index (χ2v) is 2.92. The largest absolute Gasteiger partial charge is 1.00 e. The zero-order valence-electron chi connectivity index (χ0n) is 5.92. The molecule has 1 rings (SSSR count). The normalized spacial score (nSPS) is 8.56. The summed E-state index contributed by atoms with van der Waals surface area (Å²) in [5.41, 5.74) is 0. The maximum Gasteiger partial charge on any atom is 1.00 e. The molecule has 0 fully saturated rings. The van der Waals surface area contributed by atoms with Crippen molar-refractivity contribution in [2.75, 3.05) is 0 Å². The van der Waals surface area contributed by atoms with Crippen LogP contribution < -0.4 is 51.4 Å². The van der Waals surface area contributed by atoms with E-state index >= 15 is 0 Å². The molecule has 0 aliphatic heterocycles. The van der Waals surface area contributed by atoms with E-state index in [1.54, 1.807) is 0 Å². The van der Waals surface area contributed by atoms with Gasteiger partial charge < -0.3 is 6.53 Å². The van der Waals surface area contributed by atoms with E-state index in [-0.39, 0.29) is 59.4 Å². The van der Waals surface area contributed by atoms with Crippen molar-refractivity contribution in [1.29, 1.82) is 0 Å². The number of aromatic nitrogens is 2. The van der Waals surface area contributed by atoms with E-state index in [4.69, 9.17) is 5.11 Å². The molecule has 0 aliphatic rings. The third-order valence-corrected chi connectivity index (χ3v) is 1.69. The summed E-state index contributed by atoms with van der Waals surface area (Å²) in [5.74, 6) is 0. The van der Waals surface area contributed by atoms with Crippen molar-refractivity contribution in [3.63, 3.8) is 0 Å². The number of H-pyrrole nitrogens is 1. The third-order valence-electron chi connectivity index (χ3n) is 0.618. The topological polar surface area (TPSA) is 48.9 Å². The fraction of sp³-hybridized carbons (Fsp3) is 0.333. The van der Waals surface area contributed by atoms with Gasteiger partial charge in [-0.2, -0.15) is 5.10 Å². The van der Waals surface area contributed by atoms with Crippen molar-refractivity contribution >= 4 is 23.6 Å². The van der Waals surface area contributed by atoms with Crippen molar-refractivity contribution in [3.8, 4) is 0 Å². The molecule has 6 heteroatoms. The van der Waals surface area contributed by atoms with Gasteiger partial charge in [0.25, 0.3) is 0 Å². The first-order valence-corrected chi connectivity index (χ1v) is 3.20. The van der Waals surface area contributed by atoms with Crippen LogP contribution in [-0.4, -0.2) is 15.3 Å². The molecule has 0 unspecified atom stereocenters. The zero-order chi connectivity index (χ0) is 5.98. The minimum absolute atomic E-state index is 0. The molecule has 0 aromatic carbocycles. The molecule has 3 nitrogen and oxygen atoms in total. The summed E-state index contributed by atoms with van der Waals surface area (Å²) in [4.78, 5) is 0. The fourth-order valence-corrected chi connectivity index (χ4v) is 1.12. The Hall–Kier alpha value is 1.38. The van der Waals surface area contributed by atoms with Gasteiger partial charge in [-0.3, -0.25) is 5.10 Å². The van der Waals surface area contributed by atoms with E-state index in [0.717, 1.165) is 0 Å². The standard InChI is InChI=1S/C3H4N2OS2.K.H/c6-1-2-4-5-3(7)8-2;;/h6H,1H2,(H,5,7);;/q;+1;-1. The summed E-state index contributed by atoms with van der Waals surface area (Å²) in [5, 5.41) is 15.3. The summed E-state index contributed by atoms with van der Waals surface area (Å²) >= 11 is 5.97. The van der Waals surface area contributed by atoms with Crippen LogP contribution in [0.4, 0.5) is 0 Å². The number of hydrogen-bond acceptors (Lipinski definition) is 4. The van der Waals surface area contributed by atoms with Crippen molar-refractivity contribution in [2.45, 2.75) is 6.61 Å². The smallest absolute Gasteiger partial charge is 1.00 e. The molecule has 0 radical (unpaired) electrons. The SMILES string of the molecule is OCc1n[nH]c(=S)s1.[H-].[K+]. The van der Waals surface area contributed by atoms with E-state index in [9.17, 15) is 0 Å². The molecule has 0 bridgehead atoms. The van der Waals surface area contributed by atoms with E-state index in [1.807, 2.05) is 0 Å². The molecule has 1 aromatic heterocycles. The van der Waals surface area contributed by atoms with Crippen LogP contribution in [0.15, 0.2) is 0 Å². The Morgan fingerprint density at radius 1 is 1.89 bits per heavy atom. The molecular formula is C3H5KN2OS2. The summed E-state index contributed by atoms with van der Waals surface area (Å²) in [7, 11) is 0. The molecule has 1 heterocycles. The Bertz CT molecular complexity index is 224. The number of aliphatic hydroxyl groups excluding tert-OH is 1. The van der Waals surface area contributed by atoms with E-state index < -0.39 is 0 Å². The number of aromatic amines is 1. The van der Waals surface area contributed by atoms with Crippen molar-refractivity contribution < 1.29 is 57.9 Å². The van der Waals surface area contributed by atoms with Crippen molar-refractivity contribution in [1.82, 2.24) is 10.2 Å². The average molecular weight is 188 g/mol. The first kappa shape index (κ1) is 10.4. The van der Waals surface area contributed by atoms with Gasteiger partial charge in [-0.1, -0.05) is 11.3 Å². The minimum Gasteiger partial charge on any atom is -1.00 e. The van der Waals surface area contributed by atoms with Gasteiger partial charge >= 0.3 is 51.4 Å². The molecule has 0 spiro atoms. The van der Waals surface area contributed by atoms with Crippen LogP contribution in [0.2, 0.25) is 0 Å². The van der Waals surface area contributed by atoms with E-state index in [1.165, 1.54) is 11.3 Å². The Kier molecular flexibility index (Phi) is 5.86. The molecule has 9 heavy (non-hydrogen) atoms. The first-order chi connectivity index (χ1) is 3.83. The number of nitrogens with zero attached hydrogens (tertiary/aromatic N) is 1. The van der Waals surface area contributed by atoms with Gasteiger partial charge in [0.1, 0.15) is 5.01 Å². The Balaban J connectivity index is 0. The van der Waals surface area contributed by atoms with E-state index in [2.05, 4.69) is 22.4 Å². The van der Waals surface area contributed by atoms with Crippen LogP contribution in [0.5, 0.6) is 0 Å². The van der Waals surface area contributed by atoms with Gasteiger partial charge in [-0.15, -0.1) is 0 Å². The summed E-state index contributed by atoms with van der Waals surface area (Å²) in [6, 6.07) is 0. The molecule has 0 aliphatic carbocycles. The second-order valence-electron chi connectivity index (χ2n) is 1.16. The maximum atomic E-state index is 8.43.